The molecule has 0 aliphatic carbocycles. The highest BCUT2D eigenvalue weighted by molar-refractivity contribution is 5.51. The van der Waals surface area contributed by atoms with Gasteiger partial charge in [-0.1, -0.05) is 18.2 Å². The standard InChI is InChI=1S/C10H13N3O2/c14-7-12-10(13-8-15)6-11-9-4-2-1-3-5-9/h1-5,7-8,10-11H,6H2,(H,12,14)(H,13,15). The molecule has 1 aromatic carbocycles. The van der Waals surface area contributed by atoms with E-state index < -0.39 is 6.17 Å². The van der Waals surface area contributed by atoms with Crippen molar-refractivity contribution in [3.05, 3.63) is 30.3 Å². The summed E-state index contributed by atoms with van der Waals surface area (Å²) < 4.78 is 0. The normalized spacial score (nSPS) is 9.40. The van der Waals surface area contributed by atoms with Crippen molar-refractivity contribution in [2.75, 3.05) is 11.9 Å². The first kappa shape index (κ1) is 11.0. The van der Waals surface area contributed by atoms with E-state index in [1.54, 1.807) is 0 Å². The van der Waals surface area contributed by atoms with Gasteiger partial charge < -0.3 is 16.0 Å². The second-order valence-electron chi connectivity index (χ2n) is 2.87. The summed E-state index contributed by atoms with van der Waals surface area (Å²) in [5, 5.41) is 8.01. The molecule has 0 saturated carbocycles. The molecule has 0 heterocycles. The molecule has 0 fully saturated rings. The maximum atomic E-state index is 10.2. The van der Waals surface area contributed by atoms with Crippen LogP contribution in [-0.2, 0) is 9.59 Å². The summed E-state index contributed by atoms with van der Waals surface area (Å²) in [6, 6.07) is 9.52. The lowest BCUT2D eigenvalue weighted by Crippen LogP contribution is -2.45. The maximum absolute atomic E-state index is 10.2. The molecule has 80 valence electrons. The Morgan fingerprint density at radius 2 is 1.67 bits per heavy atom. The van der Waals surface area contributed by atoms with Crippen LogP contribution < -0.4 is 16.0 Å². The van der Waals surface area contributed by atoms with Crippen LogP contribution in [0.1, 0.15) is 0 Å². The van der Waals surface area contributed by atoms with E-state index in [0.29, 0.717) is 19.4 Å². The average Bonchev–Trinajstić information content (AvgIpc) is 2.28. The van der Waals surface area contributed by atoms with Gasteiger partial charge in [0.25, 0.3) is 0 Å². The van der Waals surface area contributed by atoms with Gasteiger partial charge in [-0.15, -0.1) is 0 Å². The van der Waals surface area contributed by atoms with Crippen LogP contribution in [0.5, 0.6) is 0 Å². The largest absolute Gasteiger partial charge is 0.381 e. The van der Waals surface area contributed by atoms with Crippen molar-refractivity contribution in [3.8, 4) is 0 Å². The average molecular weight is 207 g/mol. The molecule has 0 aliphatic rings. The highest BCUT2D eigenvalue weighted by Crippen LogP contribution is 2.03. The highest BCUT2D eigenvalue weighted by Gasteiger charge is 2.03. The van der Waals surface area contributed by atoms with Crippen molar-refractivity contribution >= 4 is 18.5 Å². The monoisotopic (exact) mass is 207 g/mol. The molecule has 0 aromatic heterocycles. The quantitative estimate of drug-likeness (QED) is 0.432. The summed E-state index contributed by atoms with van der Waals surface area (Å²) in [5.74, 6) is 0. The number of carbonyl (C=O) groups is 2. The Labute approximate surface area is 87.9 Å². The number of para-hydroxylation sites is 1. The predicted octanol–water partition coefficient (Wildman–Crippen LogP) is -0.0834. The van der Waals surface area contributed by atoms with Crippen LogP contribution in [0.4, 0.5) is 5.69 Å². The van der Waals surface area contributed by atoms with E-state index in [-0.39, 0.29) is 0 Å². The van der Waals surface area contributed by atoms with Crippen LogP contribution in [0.25, 0.3) is 0 Å². The molecule has 3 N–H and O–H groups in total. The lowest BCUT2D eigenvalue weighted by molar-refractivity contribution is -0.112. The Kier molecular flexibility index (Phi) is 4.72. The summed E-state index contributed by atoms with van der Waals surface area (Å²) in [4.78, 5) is 20.4. The fourth-order valence-corrected chi connectivity index (χ4v) is 1.11. The Morgan fingerprint density at radius 3 is 2.20 bits per heavy atom. The van der Waals surface area contributed by atoms with E-state index in [4.69, 9.17) is 0 Å². The number of anilines is 1. The lowest BCUT2D eigenvalue weighted by atomic mass is 10.3. The molecule has 15 heavy (non-hydrogen) atoms. The van der Waals surface area contributed by atoms with Gasteiger partial charge in [-0.25, -0.2) is 0 Å². The number of nitrogens with one attached hydrogen (secondary N) is 3. The van der Waals surface area contributed by atoms with Crippen molar-refractivity contribution in [2.45, 2.75) is 6.17 Å². The molecule has 0 aliphatic heterocycles. The zero-order chi connectivity index (χ0) is 10.9. The molecule has 0 saturated heterocycles. The molecule has 2 amide bonds. The van der Waals surface area contributed by atoms with E-state index >= 15 is 0 Å². The van der Waals surface area contributed by atoms with Gasteiger partial charge >= 0.3 is 0 Å². The minimum absolute atomic E-state index is 0.403. The number of rotatable bonds is 7. The van der Waals surface area contributed by atoms with Crippen LogP contribution >= 0.6 is 0 Å². The van der Waals surface area contributed by atoms with Crippen molar-refractivity contribution < 1.29 is 9.59 Å². The maximum Gasteiger partial charge on any atom is 0.208 e. The third-order valence-electron chi connectivity index (χ3n) is 1.82. The molecule has 5 nitrogen and oxygen atoms in total. The molecule has 0 atom stereocenters. The van der Waals surface area contributed by atoms with Gasteiger partial charge in [-0.3, -0.25) is 9.59 Å². The van der Waals surface area contributed by atoms with Crippen molar-refractivity contribution in [1.82, 2.24) is 10.6 Å². The summed E-state index contributed by atoms with van der Waals surface area (Å²) >= 11 is 0. The van der Waals surface area contributed by atoms with Gasteiger partial charge in [0.15, 0.2) is 0 Å². The Bertz CT molecular complexity index is 293. The van der Waals surface area contributed by atoms with Gasteiger partial charge in [0.05, 0.1) is 6.54 Å². The highest BCUT2D eigenvalue weighted by atomic mass is 16.1. The minimum atomic E-state index is -0.403. The predicted molar refractivity (Wildman–Crippen MR) is 57.1 cm³/mol. The van der Waals surface area contributed by atoms with E-state index in [1.807, 2.05) is 30.3 Å². The third-order valence-corrected chi connectivity index (χ3v) is 1.82. The molecule has 0 radical (unpaired) electrons. The second kappa shape index (κ2) is 6.42. The first-order valence-electron chi connectivity index (χ1n) is 4.55. The second-order valence-corrected chi connectivity index (χ2v) is 2.87. The van der Waals surface area contributed by atoms with E-state index in [1.165, 1.54) is 0 Å². The molecule has 1 aromatic rings. The first-order chi connectivity index (χ1) is 7.36. The molecular weight excluding hydrogens is 194 g/mol. The molecule has 0 spiro atoms. The van der Waals surface area contributed by atoms with Gasteiger partial charge in [0.2, 0.25) is 12.8 Å². The SMILES string of the molecule is O=CNC(CNc1ccccc1)NC=O. The summed E-state index contributed by atoms with van der Waals surface area (Å²) in [5.41, 5.74) is 0.933. The van der Waals surface area contributed by atoms with Crippen LogP contribution in [0.2, 0.25) is 0 Å². The van der Waals surface area contributed by atoms with Gasteiger partial charge in [0.1, 0.15) is 6.17 Å². The third kappa shape index (κ3) is 4.12. The summed E-state index contributed by atoms with van der Waals surface area (Å²) in [6.45, 7) is 0.432. The zero-order valence-electron chi connectivity index (χ0n) is 8.14. The number of amides is 2. The van der Waals surface area contributed by atoms with Gasteiger partial charge in [-0.05, 0) is 12.1 Å². The van der Waals surface area contributed by atoms with E-state index in [9.17, 15) is 9.59 Å². The van der Waals surface area contributed by atoms with Crippen LogP contribution in [0, 0.1) is 0 Å². The molecule has 5 heteroatoms. The number of hydrogen-bond acceptors (Lipinski definition) is 3. The minimum Gasteiger partial charge on any atom is -0.381 e. The van der Waals surface area contributed by atoms with E-state index in [2.05, 4.69) is 16.0 Å². The van der Waals surface area contributed by atoms with Gasteiger partial charge in [0, 0.05) is 5.69 Å². The van der Waals surface area contributed by atoms with Gasteiger partial charge in [-0.2, -0.15) is 0 Å². The summed E-state index contributed by atoms with van der Waals surface area (Å²) in [6.07, 6.45) is 0.696. The Morgan fingerprint density at radius 1 is 1.07 bits per heavy atom. The zero-order valence-corrected chi connectivity index (χ0v) is 8.14. The Hall–Kier alpha value is -2.04. The summed E-state index contributed by atoms with van der Waals surface area (Å²) in [7, 11) is 0. The lowest BCUT2D eigenvalue weighted by Gasteiger charge is -2.16. The fraction of sp³-hybridized carbons (Fsp3) is 0.200. The van der Waals surface area contributed by atoms with E-state index in [0.717, 1.165) is 5.69 Å². The van der Waals surface area contributed by atoms with Crippen molar-refractivity contribution in [2.24, 2.45) is 0 Å². The topological polar surface area (TPSA) is 70.2 Å². The smallest absolute Gasteiger partial charge is 0.208 e. The van der Waals surface area contributed by atoms with Crippen LogP contribution in [0.15, 0.2) is 30.3 Å². The molecule has 0 bridgehead atoms. The molecular formula is C10H13N3O2. The van der Waals surface area contributed by atoms with Crippen molar-refractivity contribution in [3.63, 3.8) is 0 Å². The first-order valence-corrected chi connectivity index (χ1v) is 4.55. The Balaban J connectivity index is 2.39. The number of benzene rings is 1. The van der Waals surface area contributed by atoms with Crippen molar-refractivity contribution in [1.29, 1.82) is 0 Å². The number of carbonyl (C=O) groups excluding carboxylic acids is 2. The number of hydrogen-bond donors (Lipinski definition) is 3. The molecule has 0 unspecified atom stereocenters. The van der Waals surface area contributed by atoms with Crippen LogP contribution in [-0.4, -0.2) is 25.5 Å². The molecule has 1 rings (SSSR count). The fourth-order valence-electron chi connectivity index (χ4n) is 1.11. The van der Waals surface area contributed by atoms with Crippen LogP contribution in [0.3, 0.4) is 0 Å².